The molecule has 0 aliphatic heterocycles. The van der Waals surface area contributed by atoms with Gasteiger partial charge in [-0.15, -0.1) is 0 Å². The van der Waals surface area contributed by atoms with Crippen molar-refractivity contribution in [3.63, 3.8) is 0 Å². The highest BCUT2D eigenvalue weighted by molar-refractivity contribution is 5.80. The van der Waals surface area contributed by atoms with Crippen LogP contribution in [-0.2, 0) is 4.79 Å². The van der Waals surface area contributed by atoms with Crippen LogP contribution in [0.3, 0.4) is 0 Å². The Kier molecular flexibility index (Phi) is 4.93. The van der Waals surface area contributed by atoms with Crippen LogP contribution < -0.4 is 11.1 Å². The van der Waals surface area contributed by atoms with Crippen LogP contribution in [0.2, 0.25) is 0 Å². The first kappa shape index (κ1) is 13.2. The zero-order valence-corrected chi connectivity index (χ0v) is 8.26. The maximum atomic E-state index is 12.4. The first-order valence-electron chi connectivity index (χ1n) is 4.31. The van der Waals surface area contributed by atoms with Crippen LogP contribution in [0.5, 0.6) is 0 Å². The number of rotatable bonds is 5. The maximum absolute atomic E-state index is 12.4. The molecule has 0 aromatic heterocycles. The van der Waals surface area contributed by atoms with E-state index in [0.29, 0.717) is 0 Å². The van der Waals surface area contributed by atoms with Crippen LogP contribution in [0.25, 0.3) is 0 Å². The predicted molar refractivity (Wildman–Crippen MR) is 47.9 cm³/mol. The quantitative estimate of drug-likeness (QED) is 0.591. The lowest BCUT2D eigenvalue weighted by Crippen LogP contribution is -2.45. The van der Waals surface area contributed by atoms with Gasteiger partial charge in [-0.05, 0) is 13.3 Å². The summed E-state index contributed by atoms with van der Waals surface area (Å²) in [6.07, 6.45) is -1.97. The Morgan fingerprint density at radius 1 is 1.64 bits per heavy atom. The Hall–Kier alpha value is -0.750. The van der Waals surface area contributed by atoms with E-state index in [1.807, 2.05) is 0 Å². The molecule has 4 N–H and O–H groups in total. The third-order valence-corrected chi connectivity index (χ3v) is 1.84. The second-order valence-electron chi connectivity index (χ2n) is 3.33. The number of amides is 1. The Bertz CT molecular complexity index is 194. The number of halogens is 2. The standard InChI is InChI=1S/C8H16F2N2O2/c1-8(9,10)4-3-5(11)6(13)7(14)12-2/h5-6,13H,3-4,11H2,1-2H3,(H,12,14). The molecule has 0 aromatic rings. The SMILES string of the molecule is CNC(=O)C(O)C(N)CCC(C)(F)F. The number of hydrogen-bond donors (Lipinski definition) is 3. The molecule has 0 aliphatic carbocycles. The van der Waals surface area contributed by atoms with E-state index in [0.717, 1.165) is 6.92 Å². The second kappa shape index (κ2) is 5.21. The zero-order chi connectivity index (χ0) is 11.4. The van der Waals surface area contributed by atoms with Crippen molar-refractivity contribution in [2.45, 2.75) is 37.8 Å². The molecule has 0 fully saturated rings. The van der Waals surface area contributed by atoms with E-state index in [4.69, 9.17) is 5.73 Å². The van der Waals surface area contributed by atoms with E-state index in [1.165, 1.54) is 7.05 Å². The van der Waals surface area contributed by atoms with Crippen molar-refractivity contribution in [1.29, 1.82) is 0 Å². The molecule has 14 heavy (non-hydrogen) atoms. The van der Waals surface area contributed by atoms with Gasteiger partial charge in [-0.3, -0.25) is 4.79 Å². The van der Waals surface area contributed by atoms with E-state index >= 15 is 0 Å². The molecular formula is C8H16F2N2O2. The largest absolute Gasteiger partial charge is 0.382 e. The summed E-state index contributed by atoms with van der Waals surface area (Å²) in [4.78, 5) is 10.8. The summed E-state index contributed by atoms with van der Waals surface area (Å²) in [6.45, 7) is 0.770. The van der Waals surface area contributed by atoms with Gasteiger partial charge < -0.3 is 16.2 Å². The molecule has 0 saturated heterocycles. The molecule has 6 heteroatoms. The van der Waals surface area contributed by atoms with Gasteiger partial charge in [-0.2, -0.15) is 0 Å². The molecule has 0 aromatic carbocycles. The van der Waals surface area contributed by atoms with Crippen molar-refractivity contribution in [2.24, 2.45) is 5.73 Å². The Balaban J connectivity index is 3.96. The highest BCUT2D eigenvalue weighted by Crippen LogP contribution is 2.19. The number of alkyl halides is 2. The number of nitrogens with two attached hydrogens (primary N) is 1. The average Bonchev–Trinajstić information content (AvgIpc) is 2.10. The number of aliphatic hydroxyl groups is 1. The van der Waals surface area contributed by atoms with Gasteiger partial charge in [0, 0.05) is 19.5 Å². The van der Waals surface area contributed by atoms with Gasteiger partial charge in [-0.1, -0.05) is 0 Å². The van der Waals surface area contributed by atoms with Crippen LogP contribution in [0.4, 0.5) is 8.78 Å². The van der Waals surface area contributed by atoms with E-state index in [9.17, 15) is 18.7 Å². The smallest absolute Gasteiger partial charge is 0.250 e. The van der Waals surface area contributed by atoms with E-state index in [-0.39, 0.29) is 6.42 Å². The molecule has 0 aliphatic rings. The molecule has 0 bridgehead atoms. The molecule has 0 rings (SSSR count). The number of carbonyl (C=O) groups excluding carboxylic acids is 1. The third-order valence-electron chi connectivity index (χ3n) is 1.84. The van der Waals surface area contributed by atoms with Crippen LogP contribution in [0.1, 0.15) is 19.8 Å². The molecule has 84 valence electrons. The molecular weight excluding hydrogens is 194 g/mol. The highest BCUT2D eigenvalue weighted by Gasteiger charge is 2.27. The fraction of sp³-hybridized carbons (Fsp3) is 0.875. The number of hydrogen-bond acceptors (Lipinski definition) is 3. The van der Waals surface area contributed by atoms with Crippen molar-refractivity contribution in [1.82, 2.24) is 5.32 Å². The van der Waals surface area contributed by atoms with Crippen LogP contribution in [-0.4, -0.2) is 36.1 Å². The van der Waals surface area contributed by atoms with E-state index in [2.05, 4.69) is 5.32 Å². The van der Waals surface area contributed by atoms with Crippen molar-refractivity contribution in [2.75, 3.05) is 7.05 Å². The fourth-order valence-corrected chi connectivity index (χ4v) is 0.920. The van der Waals surface area contributed by atoms with Crippen LogP contribution in [0.15, 0.2) is 0 Å². The predicted octanol–water partition coefficient (Wildman–Crippen LogP) is -0.144. The molecule has 0 spiro atoms. The summed E-state index contributed by atoms with van der Waals surface area (Å²) < 4.78 is 24.8. The fourth-order valence-electron chi connectivity index (χ4n) is 0.920. The summed E-state index contributed by atoms with van der Waals surface area (Å²) >= 11 is 0. The Morgan fingerprint density at radius 3 is 2.50 bits per heavy atom. The van der Waals surface area contributed by atoms with Crippen LogP contribution >= 0.6 is 0 Å². The highest BCUT2D eigenvalue weighted by atomic mass is 19.3. The molecule has 0 radical (unpaired) electrons. The first-order chi connectivity index (χ1) is 6.28. The van der Waals surface area contributed by atoms with Crippen molar-refractivity contribution in [3.8, 4) is 0 Å². The minimum Gasteiger partial charge on any atom is -0.382 e. The van der Waals surface area contributed by atoms with Gasteiger partial charge in [0.05, 0.1) is 0 Å². The van der Waals surface area contributed by atoms with Gasteiger partial charge in [0.25, 0.3) is 0 Å². The summed E-state index contributed by atoms with van der Waals surface area (Å²) in [5.41, 5.74) is 5.36. The monoisotopic (exact) mass is 210 g/mol. The lowest BCUT2D eigenvalue weighted by molar-refractivity contribution is -0.130. The third kappa shape index (κ3) is 5.08. The lowest BCUT2D eigenvalue weighted by Gasteiger charge is -2.19. The summed E-state index contributed by atoms with van der Waals surface area (Å²) in [5.74, 6) is -3.48. The number of likely N-dealkylation sites (N-methyl/N-ethyl adjacent to an activating group) is 1. The summed E-state index contributed by atoms with van der Waals surface area (Å²) in [5, 5.41) is 11.4. The van der Waals surface area contributed by atoms with Gasteiger partial charge in [0.15, 0.2) is 0 Å². The minimum atomic E-state index is -2.82. The van der Waals surface area contributed by atoms with Crippen molar-refractivity contribution >= 4 is 5.91 Å². The second-order valence-corrected chi connectivity index (χ2v) is 3.33. The van der Waals surface area contributed by atoms with Crippen LogP contribution in [0, 0.1) is 0 Å². The number of carbonyl (C=O) groups is 1. The Labute approximate surface area is 81.5 Å². The summed E-state index contributed by atoms with van der Waals surface area (Å²) in [6, 6.07) is -0.958. The molecule has 0 saturated carbocycles. The zero-order valence-electron chi connectivity index (χ0n) is 8.26. The van der Waals surface area contributed by atoms with Crippen molar-refractivity contribution in [3.05, 3.63) is 0 Å². The molecule has 1 amide bonds. The van der Waals surface area contributed by atoms with Gasteiger partial charge >= 0.3 is 0 Å². The van der Waals surface area contributed by atoms with Gasteiger partial charge in [0.1, 0.15) is 6.10 Å². The molecule has 0 heterocycles. The van der Waals surface area contributed by atoms with E-state index < -0.39 is 30.4 Å². The van der Waals surface area contributed by atoms with Gasteiger partial charge in [-0.25, -0.2) is 8.78 Å². The maximum Gasteiger partial charge on any atom is 0.250 e. The molecule has 2 atom stereocenters. The minimum absolute atomic E-state index is 0.0991. The van der Waals surface area contributed by atoms with E-state index in [1.54, 1.807) is 0 Å². The normalized spacial score (nSPS) is 16.1. The van der Waals surface area contributed by atoms with Gasteiger partial charge in [0.2, 0.25) is 11.8 Å². The number of aliphatic hydroxyl groups excluding tert-OH is 1. The lowest BCUT2D eigenvalue weighted by atomic mass is 10.0. The Morgan fingerprint density at radius 2 is 2.14 bits per heavy atom. The molecule has 2 unspecified atom stereocenters. The molecule has 4 nitrogen and oxygen atoms in total. The topological polar surface area (TPSA) is 75.3 Å². The average molecular weight is 210 g/mol. The first-order valence-corrected chi connectivity index (χ1v) is 4.31. The summed E-state index contributed by atoms with van der Waals surface area (Å²) in [7, 11) is 1.34. The van der Waals surface area contributed by atoms with Crippen molar-refractivity contribution < 1.29 is 18.7 Å². The number of nitrogens with one attached hydrogen (secondary N) is 1.